The number of pyridine rings is 1. The molecule has 2 aromatic heterocycles. The number of aromatic nitrogens is 3. The zero-order valence-electron chi connectivity index (χ0n) is 16.6. The second-order valence-corrected chi connectivity index (χ2v) is 9.95. The van der Waals surface area contributed by atoms with E-state index in [2.05, 4.69) is 15.2 Å². The summed E-state index contributed by atoms with van der Waals surface area (Å²) in [5, 5.41) is 6.99. The zero-order chi connectivity index (χ0) is 22.7. The topological polar surface area (TPSA) is 79.0 Å². The van der Waals surface area contributed by atoms with Gasteiger partial charge in [0.1, 0.15) is 16.4 Å². The first-order valence-corrected chi connectivity index (χ1v) is 11.4. The highest BCUT2D eigenvalue weighted by Crippen LogP contribution is 2.49. The van der Waals surface area contributed by atoms with Gasteiger partial charge >= 0.3 is 6.18 Å². The van der Waals surface area contributed by atoms with Gasteiger partial charge in [0, 0.05) is 29.9 Å². The Morgan fingerprint density at radius 1 is 1.03 bits per heavy atom. The Bertz CT molecular complexity index is 1240. The number of sulfonamides is 1. The van der Waals surface area contributed by atoms with Gasteiger partial charge in [-0.3, -0.25) is 10.1 Å². The van der Waals surface area contributed by atoms with Crippen LogP contribution in [0.25, 0.3) is 0 Å². The fourth-order valence-electron chi connectivity index (χ4n) is 4.80. The maximum atomic E-state index is 13.5. The minimum Gasteiger partial charge on any atom is -0.282 e. The number of nitrogens with one attached hydrogen (secondary N) is 1. The van der Waals surface area contributed by atoms with Crippen molar-refractivity contribution in [2.75, 3.05) is 0 Å². The minimum atomic E-state index is -4.65. The number of aromatic amines is 1. The van der Waals surface area contributed by atoms with Gasteiger partial charge in [-0.1, -0.05) is 12.1 Å². The molecule has 1 unspecified atom stereocenters. The number of alkyl halides is 3. The molecule has 3 aromatic rings. The molecule has 32 heavy (non-hydrogen) atoms. The van der Waals surface area contributed by atoms with Crippen LogP contribution in [0.3, 0.4) is 0 Å². The van der Waals surface area contributed by atoms with Crippen molar-refractivity contribution < 1.29 is 26.0 Å². The summed E-state index contributed by atoms with van der Waals surface area (Å²) in [6.45, 7) is 0. The summed E-state index contributed by atoms with van der Waals surface area (Å²) < 4.78 is 80.4. The molecule has 0 radical (unpaired) electrons. The van der Waals surface area contributed by atoms with E-state index in [-0.39, 0.29) is 16.6 Å². The Hall–Kier alpha value is -2.79. The maximum Gasteiger partial charge on any atom is 0.433 e. The maximum absolute atomic E-state index is 13.5. The van der Waals surface area contributed by atoms with E-state index in [0.29, 0.717) is 25.3 Å². The van der Waals surface area contributed by atoms with Crippen LogP contribution in [0.2, 0.25) is 0 Å². The molecule has 1 aromatic carbocycles. The van der Waals surface area contributed by atoms with Crippen LogP contribution in [0.4, 0.5) is 17.6 Å². The molecule has 0 amide bonds. The lowest BCUT2D eigenvalue weighted by molar-refractivity contribution is -0.141. The number of hydrogen-bond donors (Lipinski definition) is 1. The van der Waals surface area contributed by atoms with E-state index in [0.717, 1.165) is 29.1 Å². The highest BCUT2D eigenvalue weighted by molar-refractivity contribution is 7.89. The summed E-state index contributed by atoms with van der Waals surface area (Å²) >= 11 is 0. The van der Waals surface area contributed by atoms with Gasteiger partial charge in [-0.25, -0.2) is 12.8 Å². The Morgan fingerprint density at radius 3 is 2.44 bits per heavy atom. The minimum absolute atomic E-state index is 0.00540. The van der Waals surface area contributed by atoms with Crippen LogP contribution in [0.1, 0.15) is 47.3 Å². The molecule has 2 aliphatic rings. The summed E-state index contributed by atoms with van der Waals surface area (Å²) in [7, 11) is -4.11. The second kappa shape index (κ2) is 7.38. The van der Waals surface area contributed by atoms with Gasteiger partial charge in [0.05, 0.1) is 12.2 Å². The molecular formula is C21H18F4N4O2S. The van der Waals surface area contributed by atoms with Gasteiger partial charge < -0.3 is 0 Å². The summed E-state index contributed by atoms with van der Waals surface area (Å²) in [5.74, 6) is -0.341. The number of rotatable bonds is 3. The summed E-state index contributed by atoms with van der Waals surface area (Å²) in [6, 6.07) is 6.82. The molecule has 4 heterocycles. The van der Waals surface area contributed by atoms with Gasteiger partial charge in [-0.15, -0.1) is 0 Å². The predicted molar refractivity (Wildman–Crippen MR) is 105 cm³/mol. The van der Waals surface area contributed by atoms with Crippen molar-refractivity contribution in [3.8, 4) is 0 Å². The Balaban J connectivity index is 1.52. The number of piperidine rings is 1. The van der Waals surface area contributed by atoms with Crippen molar-refractivity contribution in [2.24, 2.45) is 0 Å². The number of H-pyrrole nitrogens is 1. The first kappa shape index (κ1) is 21.1. The first-order valence-electron chi connectivity index (χ1n) is 9.99. The van der Waals surface area contributed by atoms with Gasteiger partial charge in [-0.2, -0.15) is 22.6 Å². The van der Waals surface area contributed by atoms with Crippen LogP contribution in [0.15, 0.2) is 53.7 Å². The van der Waals surface area contributed by atoms with Crippen LogP contribution in [0, 0.1) is 5.82 Å². The van der Waals surface area contributed by atoms with Crippen LogP contribution >= 0.6 is 0 Å². The number of benzene rings is 1. The molecule has 1 saturated heterocycles. The zero-order valence-corrected chi connectivity index (χ0v) is 17.4. The molecule has 168 valence electrons. The van der Waals surface area contributed by atoms with Crippen molar-refractivity contribution in [3.05, 3.63) is 77.1 Å². The van der Waals surface area contributed by atoms with E-state index in [4.69, 9.17) is 0 Å². The molecule has 0 aliphatic carbocycles. The van der Waals surface area contributed by atoms with Crippen molar-refractivity contribution in [3.63, 3.8) is 0 Å². The van der Waals surface area contributed by atoms with Crippen LogP contribution < -0.4 is 0 Å². The van der Waals surface area contributed by atoms with Gasteiger partial charge in [-0.05, 0) is 48.6 Å². The molecule has 1 fully saturated rings. The van der Waals surface area contributed by atoms with Crippen LogP contribution in [-0.4, -0.2) is 33.9 Å². The van der Waals surface area contributed by atoms with E-state index in [1.165, 1.54) is 16.4 Å². The third-order valence-corrected chi connectivity index (χ3v) is 8.17. The lowest BCUT2D eigenvalue weighted by atomic mass is 9.76. The fourth-order valence-corrected chi connectivity index (χ4v) is 6.55. The number of halogens is 4. The van der Waals surface area contributed by atoms with Crippen molar-refractivity contribution in [2.45, 2.75) is 48.3 Å². The molecule has 0 spiro atoms. The molecular weight excluding hydrogens is 448 g/mol. The Morgan fingerprint density at radius 2 is 1.78 bits per heavy atom. The van der Waals surface area contributed by atoms with E-state index in [1.54, 1.807) is 18.3 Å². The second-order valence-electron chi connectivity index (χ2n) is 8.11. The SMILES string of the molecule is O=S(=O)(c1ccc(C(F)(F)F)nc1)N1[C@H]2Cc3[nH]ncc3[C@@H]1CC(c1ccc(F)cc1)C2. The summed E-state index contributed by atoms with van der Waals surface area (Å²) in [4.78, 5) is 3.04. The van der Waals surface area contributed by atoms with E-state index < -0.39 is 34.0 Å². The third kappa shape index (κ3) is 3.49. The Labute approximate surface area is 181 Å². The number of fused-ring (bicyclic) bond motifs is 4. The summed E-state index contributed by atoms with van der Waals surface area (Å²) in [5.41, 5.74) is 1.37. The number of hydrogen-bond acceptors (Lipinski definition) is 4. The summed E-state index contributed by atoms with van der Waals surface area (Å²) in [6.07, 6.45) is -0.961. The average molecular weight is 466 g/mol. The molecule has 6 nitrogen and oxygen atoms in total. The Kier molecular flexibility index (Phi) is 4.86. The number of nitrogens with zero attached hydrogens (tertiary/aromatic N) is 3. The van der Waals surface area contributed by atoms with Crippen molar-refractivity contribution in [1.82, 2.24) is 19.5 Å². The van der Waals surface area contributed by atoms with E-state index >= 15 is 0 Å². The van der Waals surface area contributed by atoms with Gasteiger partial charge in [0.2, 0.25) is 10.0 Å². The molecule has 2 bridgehead atoms. The molecule has 1 N–H and O–H groups in total. The monoisotopic (exact) mass is 466 g/mol. The normalized spacial score (nSPS) is 23.7. The fraction of sp³-hybridized carbons (Fsp3) is 0.333. The highest BCUT2D eigenvalue weighted by Gasteiger charge is 2.48. The van der Waals surface area contributed by atoms with E-state index in [9.17, 15) is 26.0 Å². The molecule has 2 aliphatic heterocycles. The molecule has 3 atom stereocenters. The molecule has 11 heteroatoms. The predicted octanol–water partition coefficient (Wildman–Crippen LogP) is 4.20. The van der Waals surface area contributed by atoms with Crippen LogP contribution in [0.5, 0.6) is 0 Å². The van der Waals surface area contributed by atoms with Crippen molar-refractivity contribution in [1.29, 1.82) is 0 Å². The van der Waals surface area contributed by atoms with Crippen molar-refractivity contribution >= 4 is 10.0 Å². The third-order valence-electron chi connectivity index (χ3n) is 6.23. The largest absolute Gasteiger partial charge is 0.433 e. The average Bonchev–Trinajstić information content (AvgIpc) is 3.21. The van der Waals surface area contributed by atoms with Crippen LogP contribution in [-0.2, 0) is 22.6 Å². The smallest absolute Gasteiger partial charge is 0.282 e. The standard InChI is InChI=1S/C21H18F4N4O2S/c22-14-3-1-12(2-4-14)13-7-15-9-18-17(11-27-28-18)19(8-13)29(15)32(30,31)16-5-6-20(26-10-16)21(23,24)25/h1-6,10-11,13,15,19H,7-9H2,(H,27,28)/t13?,15-,19+/m1/s1. The first-order chi connectivity index (χ1) is 15.1. The lowest BCUT2D eigenvalue weighted by Gasteiger charge is -2.47. The van der Waals surface area contributed by atoms with Gasteiger partial charge in [0.15, 0.2) is 0 Å². The molecule has 0 saturated carbocycles. The lowest BCUT2D eigenvalue weighted by Crippen LogP contribution is -2.51. The van der Waals surface area contributed by atoms with Gasteiger partial charge in [0.25, 0.3) is 0 Å². The van der Waals surface area contributed by atoms with E-state index in [1.807, 2.05) is 0 Å². The quantitative estimate of drug-likeness (QED) is 0.587. The molecule has 5 rings (SSSR count). The highest BCUT2D eigenvalue weighted by atomic mass is 32.2.